The summed E-state index contributed by atoms with van der Waals surface area (Å²) in [6.07, 6.45) is -0.646. The second-order valence-corrected chi connectivity index (χ2v) is 6.76. The molecule has 0 saturated carbocycles. The molecule has 1 atom stereocenters. The monoisotopic (exact) mass is 396 g/mol. The number of aryl methyl sites for hydroxylation is 1. The molecule has 20 heavy (non-hydrogen) atoms. The molecule has 0 bridgehead atoms. The van der Waals surface area contributed by atoms with Gasteiger partial charge in [0.1, 0.15) is 6.10 Å². The molecule has 0 aliphatic carbocycles. The van der Waals surface area contributed by atoms with E-state index in [4.69, 9.17) is 4.74 Å². The molecule has 1 N–H and O–H groups in total. The van der Waals surface area contributed by atoms with Crippen molar-refractivity contribution in [2.24, 2.45) is 0 Å². The van der Waals surface area contributed by atoms with Gasteiger partial charge in [0, 0.05) is 14.5 Å². The van der Waals surface area contributed by atoms with Gasteiger partial charge in [0.05, 0.1) is 13.2 Å². The summed E-state index contributed by atoms with van der Waals surface area (Å²) in [4.78, 5) is 0. The second-order valence-electron chi connectivity index (χ2n) is 5.05. The second kappa shape index (κ2) is 5.60. The van der Waals surface area contributed by atoms with Gasteiger partial charge in [-0.3, -0.25) is 0 Å². The van der Waals surface area contributed by atoms with E-state index in [0.717, 1.165) is 25.6 Å². The fourth-order valence-electron chi connectivity index (χ4n) is 2.41. The maximum Gasteiger partial charge on any atom is 0.105 e. The van der Waals surface area contributed by atoms with Crippen molar-refractivity contribution in [3.05, 3.63) is 67.1 Å². The van der Waals surface area contributed by atoms with Crippen molar-refractivity contribution >= 4 is 31.9 Å². The van der Waals surface area contributed by atoms with Gasteiger partial charge in [-0.1, -0.05) is 50.1 Å². The van der Waals surface area contributed by atoms with E-state index in [2.05, 4.69) is 31.9 Å². The molecule has 0 aromatic heterocycles. The zero-order valence-corrected chi connectivity index (χ0v) is 14.2. The van der Waals surface area contributed by atoms with Crippen LogP contribution in [-0.2, 0) is 18.0 Å². The quantitative estimate of drug-likeness (QED) is 0.800. The summed E-state index contributed by atoms with van der Waals surface area (Å²) in [7, 11) is 0. The first-order valence-electron chi connectivity index (χ1n) is 6.39. The van der Waals surface area contributed by atoms with Crippen LogP contribution in [0, 0.1) is 6.92 Å². The third-order valence-electron chi connectivity index (χ3n) is 3.63. The molecule has 0 spiro atoms. The fourth-order valence-corrected chi connectivity index (χ4v) is 3.45. The van der Waals surface area contributed by atoms with Crippen LogP contribution in [-0.4, -0.2) is 5.11 Å². The highest BCUT2D eigenvalue weighted by atomic mass is 79.9. The molecule has 4 heteroatoms. The standard InChI is InChI=1S/C16H14Br2O2/c1-9-4-15(18)13(6-14(9)17)16(19)10-2-3-11-7-20-8-12(11)5-10/h2-6,16,19H,7-8H2,1H3. The van der Waals surface area contributed by atoms with E-state index in [1.165, 1.54) is 11.1 Å². The number of hydrogen-bond donors (Lipinski definition) is 1. The van der Waals surface area contributed by atoms with Gasteiger partial charge in [-0.2, -0.15) is 0 Å². The van der Waals surface area contributed by atoms with Gasteiger partial charge < -0.3 is 9.84 Å². The van der Waals surface area contributed by atoms with Gasteiger partial charge in [0.15, 0.2) is 0 Å². The van der Waals surface area contributed by atoms with Crippen LogP contribution < -0.4 is 0 Å². The number of hydrogen-bond acceptors (Lipinski definition) is 2. The van der Waals surface area contributed by atoms with Gasteiger partial charge in [-0.05, 0) is 41.3 Å². The predicted octanol–water partition coefficient (Wildman–Crippen LogP) is 4.63. The Kier molecular flexibility index (Phi) is 4.00. The minimum absolute atomic E-state index is 0.634. The first kappa shape index (κ1) is 14.3. The Hall–Kier alpha value is -0.680. The van der Waals surface area contributed by atoms with Gasteiger partial charge in [-0.25, -0.2) is 0 Å². The van der Waals surface area contributed by atoms with Crippen LogP contribution in [0.25, 0.3) is 0 Å². The number of aliphatic hydroxyl groups is 1. The van der Waals surface area contributed by atoms with Crippen molar-refractivity contribution < 1.29 is 9.84 Å². The molecule has 0 amide bonds. The maximum absolute atomic E-state index is 10.6. The van der Waals surface area contributed by atoms with E-state index in [9.17, 15) is 5.11 Å². The summed E-state index contributed by atoms with van der Waals surface area (Å²) in [5.41, 5.74) is 5.27. The summed E-state index contributed by atoms with van der Waals surface area (Å²) in [6.45, 7) is 3.33. The van der Waals surface area contributed by atoms with E-state index in [0.29, 0.717) is 13.2 Å². The lowest BCUT2D eigenvalue weighted by Crippen LogP contribution is -2.02. The van der Waals surface area contributed by atoms with Crippen LogP contribution in [0.4, 0.5) is 0 Å². The predicted molar refractivity (Wildman–Crippen MR) is 85.6 cm³/mol. The summed E-state index contributed by atoms with van der Waals surface area (Å²) >= 11 is 7.05. The number of ether oxygens (including phenoxy) is 1. The van der Waals surface area contributed by atoms with Crippen LogP contribution in [0.2, 0.25) is 0 Å². The minimum atomic E-state index is -0.646. The lowest BCUT2D eigenvalue weighted by Gasteiger charge is -2.16. The molecule has 0 saturated heterocycles. The van der Waals surface area contributed by atoms with E-state index in [-0.39, 0.29) is 0 Å². The summed E-state index contributed by atoms with van der Waals surface area (Å²) in [5.74, 6) is 0. The zero-order valence-electron chi connectivity index (χ0n) is 11.0. The molecule has 2 nitrogen and oxygen atoms in total. The Bertz CT molecular complexity index is 668. The SMILES string of the molecule is Cc1cc(Br)c(C(O)c2ccc3c(c2)COC3)cc1Br. The Labute approximate surface area is 135 Å². The van der Waals surface area contributed by atoms with E-state index < -0.39 is 6.10 Å². The average molecular weight is 398 g/mol. The zero-order chi connectivity index (χ0) is 14.3. The first-order valence-corrected chi connectivity index (χ1v) is 7.98. The van der Waals surface area contributed by atoms with Gasteiger partial charge >= 0.3 is 0 Å². The highest BCUT2D eigenvalue weighted by Crippen LogP contribution is 2.34. The molecule has 2 aromatic rings. The number of rotatable bonds is 2. The number of halogens is 2. The molecular formula is C16H14Br2O2. The van der Waals surface area contributed by atoms with Crippen LogP contribution in [0.1, 0.15) is 33.9 Å². The van der Waals surface area contributed by atoms with Crippen molar-refractivity contribution in [1.82, 2.24) is 0 Å². The highest BCUT2D eigenvalue weighted by molar-refractivity contribution is 9.11. The summed E-state index contributed by atoms with van der Waals surface area (Å²) in [5, 5.41) is 10.6. The van der Waals surface area contributed by atoms with E-state index >= 15 is 0 Å². The van der Waals surface area contributed by atoms with Crippen molar-refractivity contribution in [2.75, 3.05) is 0 Å². The molecule has 1 heterocycles. The van der Waals surface area contributed by atoms with Gasteiger partial charge in [0.25, 0.3) is 0 Å². The van der Waals surface area contributed by atoms with Crippen molar-refractivity contribution in [2.45, 2.75) is 26.2 Å². The van der Waals surface area contributed by atoms with Crippen LogP contribution >= 0.6 is 31.9 Å². The van der Waals surface area contributed by atoms with Gasteiger partial charge in [0.2, 0.25) is 0 Å². The van der Waals surface area contributed by atoms with Crippen molar-refractivity contribution in [3.63, 3.8) is 0 Å². The lowest BCUT2D eigenvalue weighted by molar-refractivity contribution is 0.134. The highest BCUT2D eigenvalue weighted by Gasteiger charge is 2.18. The van der Waals surface area contributed by atoms with Crippen LogP contribution in [0.15, 0.2) is 39.3 Å². The average Bonchev–Trinajstić information content (AvgIpc) is 2.89. The number of fused-ring (bicyclic) bond motifs is 1. The normalized spacial score (nSPS) is 15.2. The fraction of sp³-hybridized carbons (Fsp3) is 0.250. The number of aliphatic hydroxyl groups excluding tert-OH is 1. The third kappa shape index (κ3) is 2.58. The summed E-state index contributed by atoms with van der Waals surface area (Å²) < 4.78 is 7.33. The Balaban J connectivity index is 2.00. The van der Waals surface area contributed by atoms with Crippen LogP contribution in [0.5, 0.6) is 0 Å². The van der Waals surface area contributed by atoms with Crippen LogP contribution in [0.3, 0.4) is 0 Å². The smallest absolute Gasteiger partial charge is 0.105 e. The largest absolute Gasteiger partial charge is 0.384 e. The minimum Gasteiger partial charge on any atom is -0.384 e. The Morgan fingerprint density at radius 1 is 1.05 bits per heavy atom. The first-order chi connectivity index (χ1) is 9.56. The topological polar surface area (TPSA) is 29.5 Å². The Morgan fingerprint density at radius 2 is 1.80 bits per heavy atom. The van der Waals surface area contributed by atoms with E-state index in [1.54, 1.807) is 0 Å². The molecule has 104 valence electrons. The molecule has 0 radical (unpaired) electrons. The molecular weight excluding hydrogens is 384 g/mol. The molecule has 0 fully saturated rings. The molecule has 1 aliphatic rings. The van der Waals surface area contributed by atoms with Gasteiger partial charge in [-0.15, -0.1) is 0 Å². The van der Waals surface area contributed by atoms with E-state index in [1.807, 2.05) is 37.3 Å². The Morgan fingerprint density at radius 3 is 2.60 bits per heavy atom. The molecule has 1 unspecified atom stereocenters. The third-order valence-corrected chi connectivity index (χ3v) is 5.17. The van der Waals surface area contributed by atoms with Crippen molar-refractivity contribution in [3.8, 4) is 0 Å². The molecule has 2 aromatic carbocycles. The summed E-state index contributed by atoms with van der Waals surface area (Å²) in [6, 6.07) is 10.0. The molecule has 1 aliphatic heterocycles. The number of benzene rings is 2. The van der Waals surface area contributed by atoms with Crippen molar-refractivity contribution in [1.29, 1.82) is 0 Å². The molecule has 3 rings (SSSR count). The maximum atomic E-state index is 10.6. The lowest BCUT2D eigenvalue weighted by atomic mass is 9.97.